The summed E-state index contributed by atoms with van der Waals surface area (Å²) in [5, 5.41) is 10.8. The molecule has 1 aromatic rings. The average Bonchev–Trinajstić information content (AvgIpc) is 2.16. The number of aliphatic hydroxyl groups excluding tert-OH is 1. The zero-order valence-electron chi connectivity index (χ0n) is 7.87. The van der Waals surface area contributed by atoms with Crippen LogP contribution < -0.4 is 5.73 Å². The van der Waals surface area contributed by atoms with E-state index < -0.39 is 6.10 Å². The maximum absolute atomic E-state index is 9.86. The lowest BCUT2D eigenvalue weighted by Gasteiger charge is -2.19. The molecule has 2 nitrogen and oxygen atoms in total. The Morgan fingerprint density at radius 1 is 1.36 bits per heavy atom. The monoisotopic (exact) mass is 233 g/mol. The third-order valence-corrected chi connectivity index (χ3v) is 2.83. The fourth-order valence-corrected chi connectivity index (χ4v) is 1.85. The molecule has 0 spiro atoms. The first-order chi connectivity index (χ1) is 6.57. The number of hydrogen-bond acceptors (Lipinski definition) is 2. The van der Waals surface area contributed by atoms with E-state index >= 15 is 0 Å². The highest BCUT2D eigenvalue weighted by Gasteiger charge is 2.20. The van der Waals surface area contributed by atoms with E-state index in [4.69, 9.17) is 28.9 Å². The highest BCUT2D eigenvalue weighted by molar-refractivity contribution is 6.36. The number of aliphatic hydroxyl groups is 1. The van der Waals surface area contributed by atoms with Gasteiger partial charge in [-0.25, -0.2) is 0 Å². The van der Waals surface area contributed by atoms with E-state index in [1.165, 1.54) is 0 Å². The van der Waals surface area contributed by atoms with Crippen LogP contribution in [0.2, 0.25) is 10.0 Å². The van der Waals surface area contributed by atoms with Crippen molar-refractivity contribution in [3.8, 4) is 0 Å². The smallest absolute Gasteiger partial charge is 0.0969 e. The first-order valence-corrected chi connectivity index (χ1v) is 5.21. The van der Waals surface area contributed by atoms with Gasteiger partial charge in [0.15, 0.2) is 0 Å². The largest absolute Gasteiger partial charge is 0.387 e. The van der Waals surface area contributed by atoms with Gasteiger partial charge in [0.05, 0.1) is 6.10 Å². The van der Waals surface area contributed by atoms with Gasteiger partial charge >= 0.3 is 0 Å². The summed E-state index contributed by atoms with van der Waals surface area (Å²) < 4.78 is 0. The van der Waals surface area contributed by atoms with E-state index in [1.807, 2.05) is 6.92 Å². The minimum absolute atomic E-state index is 0.340. The SMILES string of the molecule is CCC(N)C(O)c1c(Cl)cccc1Cl. The van der Waals surface area contributed by atoms with Gasteiger partial charge in [0.25, 0.3) is 0 Å². The van der Waals surface area contributed by atoms with Crippen LogP contribution in [0.3, 0.4) is 0 Å². The third kappa shape index (κ3) is 2.39. The minimum atomic E-state index is -0.804. The Kier molecular flexibility index (Phi) is 4.20. The summed E-state index contributed by atoms with van der Waals surface area (Å²) in [7, 11) is 0. The molecule has 0 bridgehead atoms. The van der Waals surface area contributed by atoms with Crippen LogP contribution in [0.25, 0.3) is 0 Å². The average molecular weight is 234 g/mol. The zero-order chi connectivity index (χ0) is 10.7. The van der Waals surface area contributed by atoms with Gasteiger partial charge in [-0.2, -0.15) is 0 Å². The molecule has 0 aliphatic rings. The van der Waals surface area contributed by atoms with Gasteiger partial charge in [0.2, 0.25) is 0 Å². The van der Waals surface area contributed by atoms with Crippen molar-refractivity contribution < 1.29 is 5.11 Å². The zero-order valence-corrected chi connectivity index (χ0v) is 9.39. The molecule has 0 radical (unpaired) electrons. The van der Waals surface area contributed by atoms with Crippen molar-refractivity contribution in [1.82, 2.24) is 0 Å². The van der Waals surface area contributed by atoms with Crippen molar-refractivity contribution in [2.75, 3.05) is 0 Å². The number of rotatable bonds is 3. The van der Waals surface area contributed by atoms with Gasteiger partial charge in [-0.05, 0) is 18.6 Å². The molecule has 14 heavy (non-hydrogen) atoms. The van der Waals surface area contributed by atoms with Crippen molar-refractivity contribution >= 4 is 23.2 Å². The van der Waals surface area contributed by atoms with Crippen LogP contribution in [-0.4, -0.2) is 11.1 Å². The van der Waals surface area contributed by atoms with Crippen molar-refractivity contribution in [3.05, 3.63) is 33.8 Å². The Bertz CT molecular complexity index is 297. The summed E-state index contributed by atoms with van der Waals surface area (Å²) in [6.45, 7) is 1.90. The van der Waals surface area contributed by atoms with Crippen LogP contribution in [0.15, 0.2) is 18.2 Å². The number of nitrogens with two attached hydrogens (primary N) is 1. The van der Waals surface area contributed by atoms with Gasteiger partial charge in [0.1, 0.15) is 0 Å². The summed E-state index contributed by atoms with van der Waals surface area (Å²) in [6, 6.07) is 4.77. The molecule has 0 saturated carbocycles. The van der Waals surface area contributed by atoms with Crippen LogP contribution in [0.1, 0.15) is 25.0 Å². The molecule has 0 aliphatic heterocycles. The second-order valence-corrected chi connectivity index (χ2v) is 3.97. The van der Waals surface area contributed by atoms with Crippen LogP contribution in [0, 0.1) is 0 Å². The predicted octanol–water partition coefficient (Wildman–Crippen LogP) is 2.76. The molecular formula is C10H13Cl2NO. The second-order valence-electron chi connectivity index (χ2n) is 3.15. The van der Waals surface area contributed by atoms with Gasteiger partial charge in [-0.3, -0.25) is 0 Å². The Balaban J connectivity index is 3.05. The maximum atomic E-state index is 9.86. The number of benzene rings is 1. The minimum Gasteiger partial charge on any atom is -0.387 e. The molecule has 0 heterocycles. The van der Waals surface area contributed by atoms with E-state index in [9.17, 15) is 5.11 Å². The summed E-state index contributed by atoms with van der Waals surface area (Å²) >= 11 is 11.9. The molecule has 0 fully saturated rings. The highest BCUT2D eigenvalue weighted by atomic mass is 35.5. The topological polar surface area (TPSA) is 46.2 Å². The summed E-state index contributed by atoms with van der Waals surface area (Å²) in [5.41, 5.74) is 6.24. The molecule has 0 amide bonds. The van der Waals surface area contributed by atoms with Gasteiger partial charge in [-0.1, -0.05) is 36.2 Å². The van der Waals surface area contributed by atoms with E-state index in [0.717, 1.165) is 0 Å². The Labute approximate surface area is 93.6 Å². The lowest BCUT2D eigenvalue weighted by molar-refractivity contribution is 0.144. The van der Waals surface area contributed by atoms with Crippen LogP contribution >= 0.6 is 23.2 Å². The highest BCUT2D eigenvalue weighted by Crippen LogP contribution is 2.31. The molecule has 78 valence electrons. The molecule has 0 aliphatic carbocycles. The predicted molar refractivity (Wildman–Crippen MR) is 59.7 cm³/mol. The summed E-state index contributed by atoms with van der Waals surface area (Å²) in [4.78, 5) is 0. The van der Waals surface area contributed by atoms with Crippen LogP contribution in [0.5, 0.6) is 0 Å². The molecule has 0 aromatic heterocycles. The van der Waals surface area contributed by atoms with Gasteiger partial charge in [-0.15, -0.1) is 0 Å². The lowest BCUT2D eigenvalue weighted by atomic mass is 10.0. The Morgan fingerprint density at radius 3 is 2.29 bits per heavy atom. The Morgan fingerprint density at radius 2 is 1.86 bits per heavy atom. The molecule has 0 saturated heterocycles. The van der Waals surface area contributed by atoms with E-state index in [2.05, 4.69) is 0 Å². The molecule has 4 heteroatoms. The molecule has 1 rings (SSSR count). The summed E-state index contributed by atoms with van der Waals surface area (Å²) in [6.07, 6.45) is -0.135. The summed E-state index contributed by atoms with van der Waals surface area (Å²) in [5.74, 6) is 0. The standard InChI is InChI=1S/C10H13Cl2NO/c1-2-8(13)10(14)9-6(11)4-3-5-7(9)12/h3-5,8,10,14H,2,13H2,1H3. The van der Waals surface area contributed by atoms with E-state index in [0.29, 0.717) is 22.0 Å². The first kappa shape index (κ1) is 11.8. The van der Waals surface area contributed by atoms with E-state index in [1.54, 1.807) is 18.2 Å². The molecule has 1 aromatic carbocycles. The first-order valence-electron chi connectivity index (χ1n) is 4.45. The molecular weight excluding hydrogens is 221 g/mol. The second kappa shape index (κ2) is 4.99. The quantitative estimate of drug-likeness (QED) is 0.844. The normalized spacial score (nSPS) is 15.2. The van der Waals surface area contributed by atoms with Crippen molar-refractivity contribution in [2.45, 2.75) is 25.5 Å². The molecule has 3 N–H and O–H groups in total. The van der Waals surface area contributed by atoms with Crippen LogP contribution in [0.4, 0.5) is 0 Å². The lowest BCUT2D eigenvalue weighted by Crippen LogP contribution is -2.27. The fraction of sp³-hybridized carbons (Fsp3) is 0.400. The maximum Gasteiger partial charge on any atom is 0.0969 e. The van der Waals surface area contributed by atoms with Crippen molar-refractivity contribution in [1.29, 1.82) is 0 Å². The number of hydrogen-bond donors (Lipinski definition) is 2. The Hall–Kier alpha value is -0.280. The van der Waals surface area contributed by atoms with E-state index in [-0.39, 0.29) is 6.04 Å². The van der Waals surface area contributed by atoms with Gasteiger partial charge < -0.3 is 10.8 Å². The van der Waals surface area contributed by atoms with Crippen molar-refractivity contribution in [3.63, 3.8) is 0 Å². The third-order valence-electron chi connectivity index (χ3n) is 2.17. The molecule has 2 unspecified atom stereocenters. The fourth-order valence-electron chi connectivity index (χ4n) is 1.23. The van der Waals surface area contributed by atoms with Crippen molar-refractivity contribution in [2.24, 2.45) is 5.73 Å². The van der Waals surface area contributed by atoms with Crippen LogP contribution in [-0.2, 0) is 0 Å². The molecule has 2 atom stereocenters. The van der Waals surface area contributed by atoms with Gasteiger partial charge in [0, 0.05) is 21.7 Å². The number of halogens is 2.